The maximum absolute atomic E-state index is 5.58. The quantitative estimate of drug-likeness (QED) is 0.404. The van der Waals surface area contributed by atoms with Gasteiger partial charge in [-0.25, -0.2) is 0 Å². The monoisotopic (exact) mass is 360 g/mol. The van der Waals surface area contributed by atoms with E-state index in [1.54, 1.807) is 0 Å². The Morgan fingerprint density at radius 2 is 1.96 bits per heavy atom. The smallest absolute Gasteiger partial charge is 0.191 e. The van der Waals surface area contributed by atoms with E-state index in [4.69, 9.17) is 9.73 Å². The molecule has 0 radical (unpaired) electrons. The highest BCUT2D eigenvalue weighted by Crippen LogP contribution is 2.13. The summed E-state index contributed by atoms with van der Waals surface area (Å²) in [4.78, 5) is 7.23. The zero-order valence-corrected chi connectivity index (χ0v) is 16.7. The van der Waals surface area contributed by atoms with Crippen LogP contribution in [0.4, 0.5) is 0 Å². The van der Waals surface area contributed by atoms with Gasteiger partial charge >= 0.3 is 0 Å². The van der Waals surface area contributed by atoms with Crippen molar-refractivity contribution < 1.29 is 4.74 Å². The number of hydrogen-bond acceptors (Lipinski definition) is 3. The van der Waals surface area contributed by atoms with Crippen LogP contribution in [0.2, 0.25) is 0 Å². The molecule has 0 amide bonds. The number of benzene rings is 1. The minimum Gasteiger partial charge on any atom is -0.379 e. The van der Waals surface area contributed by atoms with Crippen molar-refractivity contribution in [3.8, 4) is 0 Å². The number of guanidine groups is 1. The van der Waals surface area contributed by atoms with E-state index in [2.05, 4.69) is 66.6 Å². The molecule has 0 spiro atoms. The summed E-state index contributed by atoms with van der Waals surface area (Å²) in [5.74, 6) is 0.943. The molecule has 0 atom stereocenters. The van der Waals surface area contributed by atoms with Gasteiger partial charge in [-0.2, -0.15) is 0 Å². The van der Waals surface area contributed by atoms with E-state index in [0.29, 0.717) is 12.1 Å². The molecule has 1 aromatic carbocycles. The molecule has 146 valence electrons. The van der Waals surface area contributed by atoms with Gasteiger partial charge in [-0.1, -0.05) is 30.3 Å². The zero-order valence-electron chi connectivity index (χ0n) is 16.7. The van der Waals surface area contributed by atoms with Crippen LogP contribution in [-0.2, 0) is 11.3 Å². The molecule has 0 aliphatic carbocycles. The van der Waals surface area contributed by atoms with Gasteiger partial charge in [0.15, 0.2) is 5.96 Å². The molecule has 1 aliphatic heterocycles. The average Bonchev–Trinajstić information content (AvgIpc) is 2.64. The number of nitrogens with one attached hydrogen (secondary N) is 2. The van der Waals surface area contributed by atoms with Gasteiger partial charge in [0.25, 0.3) is 0 Å². The lowest BCUT2D eigenvalue weighted by Gasteiger charge is -2.33. The predicted octanol–water partition coefficient (Wildman–Crippen LogP) is 3.02. The molecule has 1 fully saturated rings. The van der Waals surface area contributed by atoms with Gasteiger partial charge in [0.1, 0.15) is 0 Å². The van der Waals surface area contributed by atoms with Crippen LogP contribution >= 0.6 is 0 Å². The maximum Gasteiger partial charge on any atom is 0.191 e. The van der Waals surface area contributed by atoms with Crippen LogP contribution in [0.5, 0.6) is 0 Å². The van der Waals surface area contributed by atoms with Gasteiger partial charge in [-0.15, -0.1) is 0 Å². The molecule has 1 aliphatic rings. The first-order valence-electron chi connectivity index (χ1n) is 10.1. The molecule has 0 aromatic heterocycles. The van der Waals surface area contributed by atoms with Gasteiger partial charge in [0, 0.05) is 45.4 Å². The summed E-state index contributed by atoms with van der Waals surface area (Å²) in [6.45, 7) is 12.0. The van der Waals surface area contributed by atoms with Crippen molar-refractivity contribution in [2.75, 3.05) is 32.8 Å². The highest BCUT2D eigenvalue weighted by Gasteiger charge is 2.19. The molecular weight excluding hydrogens is 324 g/mol. The van der Waals surface area contributed by atoms with Crippen LogP contribution in [0.25, 0.3) is 0 Å². The highest BCUT2D eigenvalue weighted by atomic mass is 16.5. The Morgan fingerprint density at radius 3 is 2.62 bits per heavy atom. The Kier molecular flexibility index (Phi) is 9.50. The first-order chi connectivity index (χ1) is 12.7. The summed E-state index contributed by atoms with van der Waals surface area (Å²) < 4.78 is 5.58. The molecule has 1 aromatic rings. The molecule has 2 N–H and O–H groups in total. The molecule has 1 saturated heterocycles. The Morgan fingerprint density at radius 1 is 1.23 bits per heavy atom. The number of piperidine rings is 1. The van der Waals surface area contributed by atoms with Crippen LogP contribution in [0.15, 0.2) is 35.3 Å². The second-order valence-electron chi connectivity index (χ2n) is 7.21. The van der Waals surface area contributed by atoms with Crippen molar-refractivity contribution in [2.24, 2.45) is 4.99 Å². The molecule has 0 bridgehead atoms. The second kappa shape index (κ2) is 11.9. The maximum atomic E-state index is 5.58. The van der Waals surface area contributed by atoms with E-state index in [-0.39, 0.29) is 0 Å². The fourth-order valence-corrected chi connectivity index (χ4v) is 3.16. The van der Waals surface area contributed by atoms with Gasteiger partial charge in [0.2, 0.25) is 0 Å². The van der Waals surface area contributed by atoms with Gasteiger partial charge in [-0.3, -0.25) is 9.89 Å². The normalized spacial score (nSPS) is 16.8. The fourth-order valence-electron chi connectivity index (χ4n) is 3.16. The number of likely N-dealkylation sites (tertiary alicyclic amines) is 1. The zero-order chi connectivity index (χ0) is 18.6. The van der Waals surface area contributed by atoms with Crippen LogP contribution in [0, 0.1) is 0 Å². The van der Waals surface area contributed by atoms with Crippen molar-refractivity contribution in [3.05, 3.63) is 35.9 Å². The summed E-state index contributed by atoms with van der Waals surface area (Å²) >= 11 is 0. The Bertz CT molecular complexity index is 510. The van der Waals surface area contributed by atoms with E-state index in [1.165, 1.54) is 5.56 Å². The number of rotatable bonds is 9. The summed E-state index contributed by atoms with van der Waals surface area (Å²) in [5, 5.41) is 6.98. The number of aliphatic imine (C=N–C) groups is 1. The van der Waals surface area contributed by atoms with Crippen molar-refractivity contribution >= 4 is 5.96 Å². The summed E-state index contributed by atoms with van der Waals surface area (Å²) in [5.41, 5.74) is 1.40. The van der Waals surface area contributed by atoms with E-state index >= 15 is 0 Å². The van der Waals surface area contributed by atoms with Crippen molar-refractivity contribution in [1.29, 1.82) is 0 Å². The largest absolute Gasteiger partial charge is 0.379 e. The van der Waals surface area contributed by atoms with Crippen molar-refractivity contribution in [1.82, 2.24) is 15.5 Å². The SMILES string of the molecule is CCNC(=NCCCOC(C)C)NC1CCN(Cc2ccccc2)CC1. The van der Waals surface area contributed by atoms with Gasteiger partial charge < -0.3 is 15.4 Å². The molecule has 0 saturated carbocycles. The third-order valence-corrected chi connectivity index (χ3v) is 4.55. The standard InChI is InChI=1S/C21H36N4O/c1-4-22-21(23-13-8-16-26-18(2)3)24-20-11-14-25(15-12-20)17-19-9-6-5-7-10-19/h5-7,9-10,18,20H,4,8,11-17H2,1-3H3,(H2,22,23,24). The van der Waals surface area contributed by atoms with Gasteiger partial charge in [-0.05, 0) is 45.6 Å². The van der Waals surface area contributed by atoms with Crippen LogP contribution in [-0.4, -0.2) is 55.8 Å². The Hall–Kier alpha value is -1.59. The van der Waals surface area contributed by atoms with Crippen molar-refractivity contribution in [2.45, 2.75) is 58.7 Å². The summed E-state index contributed by atoms with van der Waals surface area (Å²) in [7, 11) is 0. The topological polar surface area (TPSA) is 48.9 Å². The van der Waals surface area contributed by atoms with Crippen LogP contribution in [0.1, 0.15) is 45.6 Å². The molecule has 0 unspecified atom stereocenters. The fraction of sp³-hybridized carbons (Fsp3) is 0.667. The van der Waals surface area contributed by atoms with Gasteiger partial charge in [0.05, 0.1) is 6.10 Å². The molecule has 5 nitrogen and oxygen atoms in total. The van der Waals surface area contributed by atoms with E-state index in [9.17, 15) is 0 Å². The first kappa shape index (κ1) is 20.7. The number of ether oxygens (including phenoxy) is 1. The summed E-state index contributed by atoms with van der Waals surface area (Å²) in [6, 6.07) is 11.2. The average molecular weight is 361 g/mol. The Labute approximate surface area is 159 Å². The highest BCUT2D eigenvalue weighted by molar-refractivity contribution is 5.80. The minimum atomic E-state index is 0.298. The lowest BCUT2D eigenvalue weighted by molar-refractivity contribution is 0.0782. The summed E-state index contributed by atoms with van der Waals surface area (Å²) in [6.07, 6.45) is 3.58. The first-order valence-corrected chi connectivity index (χ1v) is 10.1. The third-order valence-electron chi connectivity index (χ3n) is 4.55. The van der Waals surface area contributed by atoms with Crippen LogP contribution < -0.4 is 10.6 Å². The lowest BCUT2D eigenvalue weighted by atomic mass is 10.0. The van der Waals surface area contributed by atoms with Crippen LogP contribution in [0.3, 0.4) is 0 Å². The molecular formula is C21H36N4O. The molecule has 2 rings (SSSR count). The minimum absolute atomic E-state index is 0.298. The van der Waals surface area contributed by atoms with E-state index < -0.39 is 0 Å². The molecule has 26 heavy (non-hydrogen) atoms. The number of hydrogen-bond donors (Lipinski definition) is 2. The molecule has 1 heterocycles. The number of nitrogens with zero attached hydrogens (tertiary/aromatic N) is 2. The Balaban J connectivity index is 1.70. The predicted molar refractivity (Wildman–Crippen MR) is 110 cm³/mol. The van der Waals surface area contributed by atoms with Crippen molar-refractivity contribution in [3.63, 3.8) is 0 Å². The molecule has 5 heteroatoms. The lowest BCUT2D eigenvalue weighted by Crippen LogP contribution is -2.48. The second-order valence-corrected chi connectivity index (χ2v) is 7.21. The third kappa shape index (κ3) is 8.19. The van der Waals surface area contributed by atoms with E-state index in [1.807, 2.05) is 0 Å². The van der Waals surface area contributed by atoms with E-state index in [0.717, 1.165) is 64.6 Å².